The molecule has 1 N–H and O–H groups in total. The second-order valence-electron chi connectivity index (χ2n) is 5.05. The Balaban J connectivity index is 1.97. The van der Waals surface area contributed by atoms with Gasteiger partial charge in [-0.05, 0) is 43.6 Å². The van der Waals surface area contributed by atoms with Crippen molar-refractivity contribution in [2.75, 3.05) is 13.1 Å². The third-order valence-electron chi connectivity index (χ3n) is 3.05. The molecule has 0 aromatic rings. The molecule has 0 heterocycles. The molecule has 1 aliphatic carbocycles. The summed E-state index contributed by atoms with van der Waals surface area (Å²) in [7, 11) is 0. The largest absolute Gasteiger partial charge is 0.316 e. The molecule has 0 aromatic carbocycles. The standard InChI is InChI=1S/C12H22N2/c1-11(2)4-3-9-14-10-12(5-6-12)7-8-13/h11,14H,3-7,9-10H2,1-2H3. The van der Waals surface area contributed by atoms with E-state index >= 15 is 0 Å². The predicted octanol–water partition coefficient (Wildman–Crippen LogP) is 2.71. The van der Waals surface area contributed by atoms with Gasteiger partial charge in [0.1, 0.15) is 0 Å². The maximum atomic E-state index is 8.64. The van der Waals surface area contributed by atoms with Crippen molar-refractivity contribution in [3.8, 4) is 6.07 Å². The van der Waals surface area contributed by atoms with Gasteiger partial charge in [-0.1, -0.05) is 13.8 Å². The number of nitrogens with one attached hydrogen (secondary N) is 1. The lowest BCUT2D eigenvalue weighted by Gasteiger charge is -2.12. The number of nitriles is 1. The van der Waals surface area contributed by atoms with Crippen LogP contribution in [0.15, 0.2) is 0 Å². The van der Waals surface area contributed by atoms with Crippen molar-refractivity contribution >= 4 is 0 Å². The molecule has 2 heteroatoms. The van der Waals surface area contributed by atoms with Crippen LogP contribution in [-0.2, 0) is 0 Å². The Morgan fingerprint density at radius 3 is 2.64 bits per heavy atom. The molecule has 0 aromatic heterocycles. The zero-order valence-electron chi connectivity index (χ0n) is 9.47. The topological polar surface area (TPSA) is 35.8 Å². The second-order valence-corrected chi connectivity index (χ2v) is 5.05. The van der Waals surface area contributed by atoms with Crippen LogP contribution in [0.1, 0.15) is 46.0 Å². The van der Waals surface area contributed by atoms with Crippen LogP contribution in [0.3, 0.4) is 0 Å². The number of hydrogen-bond donors (Lipinski definition) is 1. The van der Waals surface area contributed by atoms with Gasteiger partial charge >= 0.3 is 0 Å². The van der Waals surface area contributed by atoms with Gasteiger partial charge in [-0.3, -0.25) is 0 Å². The van der Waals surface area contributed by atoms with Crippen LogP contribution < -0.4 is 5.32 Å². The van der Waals surface area contributed by atoms with Crippen molar-refractivity contribution in [3.63, 3.8) is 0 Å². The molecule has 2 nitrogen and oxygen atoms in total. The van der Waals surface area contributed by atoms with Gasteiger partial charge in [0.25, 0.3) is 0 Å². The van der Waals surface area contributed by atoms with Crippen LogP contribution in [0.25, 0.3) is 0 Å². The van der Waals surface area contributed by atoms with Gasteiger partial charge in [0, 0.05) is 13.0 Å². The highest BCUT2D eigenvalue weighted by molar-refractivity contribution is 5.00. The normalized spacial score (nSPS) is 18.1. The molecule has 80 valence electrons. The Morgan fingerprint density at radius 1 is 1.43 bits per heavy atom. The highest BCUT2D eigenvalue weighted by Gasteiger charge is 2.41. The molecular formula is C12H22N2. The van der Waals surface area contributed by atoms with Crippen molar-refractivity contribution < 1.29 is 0 Å². The van der Waals surface area contributed by atoms with Crippen LogP contribution in [-0.4, -0.2) is 13.1 Å². The molecule has 0 saturated heterocycles. The summed E-state index contributed by atoms with van der Waals surface area (Å²) in [5.41, 5.74) is 0.368. The lowest BCUT2D eigenvalue weighted by molar-refractivity contribution is 0.449. The van der Waals surface area contributed by atoms with E-state index in [4.69, 9.17) is 5.26 Å². The summed E-state index contributed by atoms with van der Waals surface area (Å²) in [5, 5.41) is 12.1. The average Bonchev–Trinajstić information content (AvgIpc) is 2.85. The van der Waals surface area contributed by atoms with Gasteiger partial charge < -0.3 is 5.32 Å². The fourth-order valence-corrected chi connectivity index (χ4v) is 1.75. The van der Waals surface area contributed by atoms with E-state index in [1.165, 1.54) is 25.7 Å². The minimum Gasteiger partial charge on any atom is -0.316 e. The van der Waals surface area contributed by atoms with Crippen LogP contribution in [0.5, 0.6) is 0 Å². The quantitative estimate of drug-likeness (QED) is 0.632. The third-order valence-corrected chi connectivity index (χ3v) is 3.05. The van der Waals surface area contributed by atoms with Gasteiger partial charge in [-0.2, -0.15) is 5.26 Å². The van der Waals surface area contributed by atoms with E-state index in [0.29, 0.717) is 5.41 Å². The van der Waals surface area contributed by atoms with E-state index in [-0.39, 0.29) is 0 Å². The Hall–Kier alpha value is -0.550. The first-order valence-electron chi connectivity index (χ1n) is 5.76. The van der Waals surface area contributed by atoms with Crippen molar-refractivity contribution in [1.82, 2.24) is 5.32 Å². The number of hydrogen-bond acceptors (Lipinski definition) is 2. The van der Waals surface area contributed by atoms with Gasteiger partial charge in [0.2, 0.25) is 0 Å². The van der Waals surface area contributed by atoms with E-state index in [1.54, 1.807) is 0 Å². The molecule has 0 unspecified atom stereocenters. The van der Waals surface area contributed by atoms with Crippen LogP contribution >= 0.6 is 0 Å². The van der Waals surface area contributed by atoms with Crippen molar-refractivity contribution in [2.45, 2.75) is 46.0 Å². The molecule has 0 bridgehead atoms. The summed E-state index contributed by atoms with van der Waals surface area (Å²) in [6.07, 6.45) is 5.80. The first kappa shape index (κ1) is 11.5. The van der Waals surface area contributed by atoms with Gasteiger partial charge in [-0.15, -0.1) is 0 Å². The Bertz CT molecular complexity index is 199. The lowest BCUT2D eigenvalue weighted by atomic mass is 10.0. The first-order chi connectivity index (χ1) is 6.68. The number of nitrogens with zero attached hydrogens (tertiary/aromatic N) is 1. The number of rotatable bonds is 7. The van der Waals surface area contributed by atoms with Crippen LogP contribution in [0.4, 0.5) is 0 Å². The molecule has 1 saturated carbocycles. The fraction of sp³-hybridized carbons (Fsp3) is 0.917. The highest BCUT2D eigenvalue weighted by atomic mass is 14.9. The Labute approximate surface area is 87.7 Å². The van der Waals surface area contributed by atoms with Crippen molar-refractivity contribution in [2.24, 2.45) is 11.3 Å². The average molecular weight is 194 g/mol. The molecule has 0 spiro atoms. The molecule has 1 aliphatic rings. The minimum atomic E-state index is 0.368. The van der Waals surface area contributed by atoms with Crippen LogP contribution in [0, 0.1) is 22.7 Å². The van der Waals surface area contributed by atoms with Gasteiger partial charge in [-0.25, -0.2) is 0 Å². The van der Waals surface area contributed by atoms with E-state index in [9.17, 15) is 0 Å². The van der Waals surface area contributed by atoms with E-state index in [1.807, 2.05) is 0 Å². The molecule has 14 heavy (non-hydrogen) atoms. The van der Waals surface area contributed by atoms with E-state index in [0.717, 1.165) is 25.4 Å². The summed E-state index contributed by atoms with van der Waals surface area (Å²) in [6, 6.07) is 2.29. The molecule has 0 amide bonds. The predicted molar refractivity (Wildman–Crippen MR) is 58.8 cm³/mol. The highest BCUT2D eigenvalue weighted by Crippen LogP contribution is 2.47. The van der Waals surface area contributed by atoms with Crippen molar-refractivity contribution in [1.29, 1.82) is 5.26 Å². The molecule has 0 aliphatic heterocycles. The Morgan fingerprint density at radius 2 is 2.14 bits per heavy atom. The van der Waals surface area contributed by atoms with Crippen molar-refractivity contribution in [3.05, 3.63) is 0 Å². The maximum absolute atomic E-state index is 8.64. The lowest BCUT2D eigenvalue weighted by Crippen LogP contribution is -2.24. The van der Waals surface area contributed by atoms with E-state index in [2.05, 4.69) is 25.2 Å². The summed E-state index contributed by atoms with van der Waals surface area (Å²) in [4.78, 5) is 0. The molecular weight excluding hydrogens is 172 g/mol. The van der Waals surface area contributed by atoms with Gasteiger partial charge in [0.05, 0.1) is 6.07 Å². The second kappa shape index (κ2) is 5.36. The monoisotopic (exact) mass is 194 g/mol. The summed E-state index contributed by atoms with van der Waals surface area (Å²) in [6.45, 7) is 6.69. The molecule has 0 radical (unpaired) electrons. The maximum Gasteiger partial charge on any atom is 0.0628 e. The zero-order valence-corrected chi connectivity index (χ0v) is 9.47. The molecule has 0 atom stereocenters. The minimum absolute atomic E-state index is 0.368. The fourth-order valence-electron chi connectivity index (χ4n) is 1.75. The molecule has 1 rings (SSSR count). The first-order valence-corrected chi connectivity index (χ1v) is 5.76. The molecule has 1 fully saturated rings. The van der Waals surface area contributed by atoms with E-state index < -0.39 is 0 Å². The Kier molecular flexibility index (Phi) is 4.41. The third kappa shape index (κ3) is 4.11. The summed E-state index contributed by atoms with van der Waals surface area (Å²) < 4.78 is 0. The van der Waals surface area contributed by atoms with Gasteiger partial charge in [0.15, 0.2) is 0 Å². The van der Waals surface area contributed by atoms with Crippen LogP contribution in [0.2, 0.25) is 0 Å². The smallest absolute Gasteiger partial charge is 0.0628 e. The zero-order chi connectivity index (χ0) is 10.4. The summed E-state index contributed by atoms with van der Waals surface area (Å²) in [5.74, 6) is 0.811. The SMILES string of the molecule is CC(C)CCCNCC1(CC#N)CC1. The summed E-state index contributed by atoms with van der Waals surface area (Å²) >= 11 is 0.